The molecule has 120 valence electrons. The van der Waals surface area contributed by atoms with Gasteiger partial charge in [-0.05, 0) is 37.0 Å². The molecule has 2 unspecified atom stereocenters. The molecule has 1 aromatic carbocycles. The van der Waals surface area contributed by atoms with Crippen molar-refractivity contribution in [2.24, 2.45) is 16.6 Å². The summed E-state index contributed by atoms with van der Waals surface area (Å²) in [5.74, 6) is -1.35. The van der Waals surface area contributed by atoms with E-state index in [0.29, 0.717) is 12.8 Å². The Morgan fingerprint density at radius 2 is 1.91 bits per heavy atom. The molecule has 4 N–H and O–H groups in total. The SMILES string of the molecule is NC1=NC(c2cc(N)ccc2F)(C2CC2)C(C(F)(F)F)OC1. The summed E-state index contributed by atoms with van der Waals surface area (Å²) in [6.45, 7) is -0.428. The van der Waals surface area contributed by atoms with Crippen molar-refractivity contribution in [2.45, 2.75) is 30.7 Å². The van der Waals surface area contributed by atoms with Crippen LogP contribution in [0.5, 0.6) is 0 Å². The predicted octanol–water partition coefficient (Wildman–Crippen LogP) is 2.33. The van der Waals surface area contributed by atoms with E-state index in [9.17, 15) is 17.6 Å². The number of alkyl halides is 3. The average Bonchev–Trinajstić information content (AvgIpc) is 3.24. The molecular weight excluding hydrogens is 302 g/mol. The molecule has 2 aliphatic rings. The van der Waals surface area contributed by atoms with Crippen LogP contribution in [0.2, 0.25) is 0 Å². The number of amidine groups is 1. The first kappa shape index (κ1) is 15.1. The average molecular weight is 317 g/mol. The predicted molar refractivity (Wildman–Crippen MR) is 72.6 cm³/mol. The lowest BCUT2D eigenvalue weighted by atomic mass is 9.78. The zero-order valence-electron chi connectivity index (χ0n) is 11.5. The minimum absolute atomic E-state index is 0.0748. The normalized spacial score (nSPS) is 29.3. The number of nitrogens with zero attached hydrogens (tertiary/aromatic N) is 1. The molecule has 0 amide bonds. The summed E-state index contributed by atoms with van der Waals surface area (Å²) in [5.41, 5.74) is 9.30. The first-order valence-corrected chi connectivity index (χ1v) is 6.83. The number of hydrogen-bond acceptors (Lipinski definition) is 4. The van der Waals surface area contributed by atoms with Crippen LogP contribution < -0.4 is 11.5 Å². The van der Waals surface area contributed by atoms with Gasteiger partial charge in [0.1, 0.15) is 23.8 Å². The third-order valence-corrected chi connectivity index (χ3v) is 4.05. The summed E-state index contributed by atoms with van der Waals surface area (Å²) in [5, 5.41) is 0. The summed E-state index contributed by atoms with van der Waals surface area (Å²) in [6.07, 6.45) is -5.93. The maximum absolute atomic E-state index is 14.3. The van der Waals surface area contributed by atoms with Crippen molar-refractivity contribution in [2.75, 3.05) is 12.3 Å². The van der Waals surface area contributed by atoms with Crippen LogP contribution in [-0.4, -0.2) is 24.7 Å². The first-order chi connectivity index (χ1) is 10.2. The highest BCUT2D eigenvalue weighted by Crippen LogP contribution is 2.56. The van der Waals surface area contributed by atoms with Gasteiger partial charge in [0.25, 0.3) is 0 Å². The van der Waals surface area contributed by atoms with E-state index in [4.69, 9.17) is 16.2 Å². The molecule has 2 atom stereocenters. The topological polar surface area (TPSA) is 73.6 Å². The van der Waals surface area contributed by atoms with Crippen LogP contribution in [0.3, 0.4) is 0 Å². The van der Waals surface area contributed by atoms with Crippen molar-refractivity contribution < 1.29 is 22.3 Å². The monoisotopic (exact) mass is 317 g/mol. The van der Waals surface area contributed by atoms with E-state index in [1.165, 1.54) is 12.1 Å². The number of anilines is 1. The molecule has 4 nitrogen and oxygen atoms in total. The molecule has 1 fully saturated rings. The molecule has 1 heterocycles. The minimum atomic E-state index is -4.69. The van der Waals surface area contributed by atoms with Crippen molar-refractivity contribution in [1.29, 1.82) is 0 Å². The van der Waals surface area contributed by atoms with Crippen molar-refractivity contribution in [3.63, 3.8) is 0 Å². The number of nitrogens with two attached hydrogens (primary N) is 2. The molecule has 0 radical (unpaired) electrons. The van der Waals surface area contributed by atoms with E-state index in [-0.39, 0.29) is 17.1 Å². The van der Waals surface area contributed by atoms with Crippen LogP contribution in [0.4, 0.5) is 23.2 Å². The molecule has 1 aliphatic carbocycles. The lowest BCUT2D eigenvalue weighted by molar-refractivity contribution is -0.243. The Kier molecular flexibility index (Phi) is 3.32. The molecule has 0 aromatic heterocycles. The summed E-state index contributed by atoms with van der Waals surface area (Å²) < 4.78 is 59.7. The Morgan fingerprint density at radius 1 is 1.23 bits per heavy atom. The lowest BCUT2D eigenvalue weighted by Crippen LogP contribution is -2.55. The van der Waals surface area contributed by atoms with Gasteiger partial charge in [-0.25, -0.2) is 4.39 Å². The molecule has 22 heavy (non-hydrogen) atoms. The summed E-state index contributed by atoms with van der Waals surface area (Å²) in [4.78, 5) is 4.05. The number of nitrogen functional groups attached to an aromatic ring is 1. The van der Waals surface area contributed by atoms with E-state index in [2.05, 4.69) is 4.99 Å². The molecule has 3 rings (SSSR count). The van der Waals surface area contributed by atoms with Crippen LogP contribution in [0, 0.1) is 11.7 Å². The third kappa shape index (κ3) is 2.31. The fraction of sp³-hybridized carbons (Fsp3) is 0.500. The number of ether oxygens (including phenoxy) is 1. The Labute approximate surface area is 124 Å². The number of aliphatic imine (C=N–C) groups is 1. The van der Waals surface area contributed by atoms with E-state index >= 15 is 0 Å². The van der Waals surface area contributed by atoms with E-state index in [1.54, 1.807) is 0 Å². The maximum atomic E-state index is 14.3. The van der Waals surface area contributed by atoms with Gasteiger partial charge in [-0.2, -0.15) is 13.2 Å². The molecule has 1 aliphatic heterocycles. The second-order valence-electron chi connectivity index (χ2n) is 5.67. The largest absolute Gasteiger partial charge is 0.417 e. The molecule has 1 saturated carbocycles. The Hall–Kier alpha value is -1.83. The van der Waals surface area contributed by atoms with Crippen molar-refractivity contribution in [1.82, 2.24) is 0 Å². The lowest BCUT2D eigenvalue weighted by Gasteiger charge is -2.42. The minimum Gasteiger partial charge on any atom is -0.399 e. The van der Waals surface area contributed by atoms with E-state index in [1.807, 2.05) is 0 Å². The van der Waals surface area contributed by atoms with Crippen LogP contribution in [0.15, 0.2) is 23.2 Å². The number of benzene rings is 1. The van der Waals surface area contributed by atoms with Gasteiger partial charge in [0.2, 0.25) is 0 Å². The van der Waals surface area contributed by atoms with Gasteiger partial charge in [0.05, 0.1) is 0 Å². The number of halogens is 4. The van der Waals surface area contributed by atoms with Gasteiger partial charge in [0, 0.05) is 11.3 Å². The zero-order chi connectivity index (χ0) is 16.1. The molecule has 0 bridgehead atoms. The van der Waals surface area contributed by atoms with E-state index in [0.717, 1.165) is 6.07 Å². The van der Waals surface area contributed by atoms with Gasteiger partial charge < -0.3 is 16.2 Å². The van der Waals surface area contributed by atoms with Crippen LogP contribution in [0.25, 0.3) is 0 Å². The Balaban J connectivity index is 2.25. The molecular formula is C14H15F4N3O. The van der Waals surface area contributed by atoms with Gasteiger partial charge in [-0.15, -0.1) is 0 Å². The smallest absolute Gasteiger partial charge is 0.399 e. The molecule has 0 saturated heterocycles. The first-order valence-electron chi connectivity index (χ1n) is 6.83. The van der Waals surface area contributed by atoms with Crippen molar-refractivity contribution in [3.8, 4) is 0 Å². The third-order valence-electron chi connectivity index (χ3n) is 4.05. The van der Waals surface area contributed by atoms with Gasteiger partial charge in [0.15, 0.2) is 6.10 Å². The highest BCUT2D eigenvalue weighted by Gasteiger charge is 2.64. The zero-order valence-corrected chi connectivity index (χ0v) is 11.5. The summed E-state index contributed by atoms with van der Waals surface area (Å²) >= 11 is 0. The number of hydrogen-bond donors (Lipinski definition) is 2. The quantitative estimate of drug-likeness (QED) is 0.649. The number of rotatable bonds is 2. The van der Waals surface area contributed by atoms with Crippen LogP contribution in [0.1, 0.15) is 18.4 Å². The van der Waals surface area contributed by atoms with Gasteiger partial charge in [-0.3, -0.25) is 4.99 Å². The fourth-order valence-electron chi connectivity index (χ4n) is 3.07. The second kappa shape index (κ2) is 4.84. The highest BCUT2D eigenvalue weighted by molar-refractivity contribution is 5.83. The van der Waals surface area contributed by atoms with Gasteiger partial charge >= 0.3 is 6.18 Å². The maximum Gasteiger partial charge on any atom is 0.417 e. The molecule has 8 heteroatoms. The fourth-order valence-corrected chi connectivity index (χ4v) is 3.07. The van der Waals surface area contributed by atoms with E-state index < -0.39 is 36.2 Å². The van der Waals surface area contributed by atoms with Gasteiger partial charge in [-0.1, -0.05) is 0 Å². The molecule has 0 spiro atoms. The van der Waals surface area contributed by atoms with Crippen molar-refractivity contribution >= 4 is 11.5 Å². The molecule has 1 aromatic rings. The summed E-state index contributed by atoms with van der Waals surface area (Å²) in [6, 6.07) is 3.53. The summed E-state index contributed by atoms with van der Waals surface area (Å²) in [7, 11) is 0. The van der Waals surface area contributed by atoms with Crippen LogP contribution in [-0.2, 0) is 10.3 Å². The Bertz CT molecular complexity index is 627. The van der Waals surface area contributed by atoms with Crippen molar-refractivity contribution in [3.05, 3.63) is 29.6 Å². The highest BCUT2D eigenvalue weighted by atomic mass is 19.4. The standard InChI is InChI=1S/C14H15F4N3O/c15-10-4-3-8(19)5-9(10)13(7-1-2-7)12(14(16,17)18)22-6-11(20)21-13/h3-5,7,12H,1-2,6,19H2,(H2,20,21). The second-order valence-corrected chi connectivity index (χ2v) is 5.67. The Morgan fingerprint density at radius 3 is 2.50 bits per heavy atom. The van der Waals surface area contributed by atoms with Crippen LogP contribution >= 0.6 is 0 Å².